The average molecular weight is 489 g/mol. The first-order valence-corrected chi connectivity index (χ1v) is 13.2. The topological polar surface area (TPSA) is 66.4 Å². The van der Waals surface area contributed by atoms with E-state index >= 15 is 0 Å². The molecule has 1 aromatic heterocycles. The number of rotatable bonds is 5. The van der Waals surface area contributed by atoms with Gasteiger partial charge < -0.3 is 4.90 Å². The highest BCUT2D eigenvalue weighted by Gasteiger charge is 2.34. The van der Waals surface area contributed by atoms with Gasteiger partial charge in [-0.2, -0.15) is 8.68 Å². The summed E-state index contributed by atoms with van der Waals surface area (Å²) in [5.74, 6) is 0.417. The van der Waals surface area contributed by atoms with E-state index in [2.05, 4.69) is 35.0 Å². The van der Waals surface area contributed by atoms with Crippen molar-refractivity contribution in [3.05, 3.63) is 71.3 Å². The largest absolute Gasteiger partial charge is 0.344 e. The van der Waals surface area contributed by atoms with Crippen LogP contribution in [0.25, 0.3) is 0 Å². The normalized spacial score (nSPS) is 18.0. The SMILES string of the molecule is CC1CN(c2nc(Cc3ccc(F)cc3)ns2)CCN1S(=O)(=O)c1ccc(C(C)(C)C)cc1. The fourth-order valence-corrected chi connectivity index (χ4v) is 6.30. The minimum atomic E-state index is -3.57. The Hall–Kier alpha value is -2.36. The first-order chi connectivity index (χ1) is 15.5. The predicted octanol–water partition coefficient (Wildman–Crippen LogP) is 4.46. The molecule has 1 fully saturated rings. The van der Waals surface area contributed by atoms with Crippen molar-refractivity contribution in [3.8, 4) is 0 Å². The van der Waals surface area contributed by atoms with Gasteiger partial charge in [-0.1, -0.05) is 45.0 Å². The summed E-state index contributed by atoms with van der Waals surface area (Å²) in [5, 5.41) is 0.783. The molecule has 4 rings (SSSR count). The second-order valence-electron chi connectivity index (χ2n) is 9.48. The van der Waals surface area contributed by atoms with Gasteiger partial charge in [-0.05, 0) is 47.7 Å². The Morgan fingerprint density at radius 3 is 2.33 bits per heavy atom. The van der Waals surface area contributed by atoms with Gasteiger partial charge in [0.25, 0.3) is 0 Å². The fourth-order valence-electron chi connectivity index (χ4n) is 3.96. The van der Waals surface area contributed by atoms with E-state index < -0.39 is 10.0 Å². The summed E-state index contributed by atoms with van der Waals surface area (Å²) in [7, 11) is -3.57. The van der Waals surface area contributed by atoms with Gasteiger partial charge in [0, 0.05) is 43.6 Å². The average Bonchev–Trinajstić information content (AvgIpc) is 3.23. The molecule has 6 nitrogen and oxygen atoms in total. The number of hydrogen-bond donors (Lipinski definition) is 0. The summed E-state index contributed by atoms with van der Waals surface area (Å²) in [6.07, 6.45) is 0.533. The quantitative estimate of drug-likeness (QED) is 0.530. The number of benzene rings is 2. The first-order valence-electron chi connectivity index (χ1n) is 11.0. The number of piperazine rings is 1. The standard InChI is InChI=1S/C24H29FN4O2S2/c1-17-16-28(23-26-22(27-32-23)15-18-5-9-20(25)10-6-18)13-14-29(17)33(30,31)21-11-7-19(8-12-21)24(2,3)4/h5-12,17H,13-16H2,1-4H3. The monoisotopic (exact) mass is 488 g/mol. The van der Waals surface area contributed by atoms with Gasteiger partial charge in [-0.3, -0.25) is 0 Å². The first kappa shape index (κ1) is 23.8. The van der Waals surface area contributed by atoms with Crippen LogP contribution in [-0.4, -0.2) is 47.8 Å². The van der Waals surface area contributed by atoms with Crippen molar-refractivity contribution in [1.29, 1.82) is 0 Å². The molecular formula is C24H29FN4O2S2. The lowest BCUT2D eigenvalue weighted by atomic mass is 9.87. The zero-order valence-corrected chi connectivity index (χ0v) is 21.0. The molecule has 0 aliphatic carbocycles. The van der Waals surface area contributed by atoms with Crippen LogP contribution in [0.15, 0.2) is 53.4 Å². The van der Waals surface area contributed by atoms with E-state index in [1.54, 1.807) is 28.6 Å². The third-order valence-electron chi connectivity index (χ3n) is 5.90. The second kappa shape index (κ2) is 9.12. The van der Waals surface area contributed by atoms with Crippen molar-refractivity contribution in [3.63, 3.8) is 0 Å². The van der Waals surface area contributed by atoms with E-state index in [0.717, 1.165) is 16.3 Å². The fraction of sp³-hybridized carbons (Fsp3) is 0.417. The Morgan fingerprint density at radius 1 is 1.06 bits per heavy atom. The van der Waals surface area contributed by atoms with Gasteiger partial charge in [0.05, 0.1) is 4.90 Å². The minimum absolute atomic E-state index is 0.0293. The van der Waals surface area contributed by atoms with Gasteiger partial charge in [-0.15, -0.1) is 0 Å². The highest BCUT2D eigenvalue weighted by molar-refractivity contribution is 7.89. The summed E-state index contributed by atoms with van der Waals surface area (Å²) in [4.78, 5) is 7.05. The van der Waals surface area contributed by atoms with Crippen molar-refractivity contribution >= 4 is 26.7 Å². The van der Waals surface area contributed by atoms with Crippen LogP contribution in [-0.2, 0) is 21.9 Å². The van der Waals surface area contributed by atoms with Crippen LogP contribution in [0.2, 0.25) is 0 Å². The van der Waals surface area contributed by atoms with Crippen LogP contribution in [0.3, 0.4) is 0 Å². The summed E-state index contributed by atoms with van der Waals surface area (Å²) < 4.78 is 45.7. The Kier molecular flexibility index (Phi) is 6.57. The highest BCUT2D eigenvalue weighted by Crippen LogP contribution is 2.28. The lowest BCUT2D eigenvalue weighted by molar-refractivity contribution is 0.306. The van der Waals surface area contributed by atoms with Crippen LogP contribution >= 0.6 is 11.5 Å². The Bertz CT molecular complexity index is 1200. The summed E-state index contributed by atoms with van der Waals surface area (Å²) in [6.45, 7) is 9.73. The molecule has 2 heterocycles. The van der Waals surface area contributed by atoms with Gasteiger partial charge in [0.15, 0.2) is 0 Å². The minimum Gasteiger partial charge on any atom is -0.344 e. The predicted molar refractivity (Wildman–Crippen MR) is 130 cm³/mol. The maximum atomic E-state index is 13.3. The number of hydrogen-bond acceptors (Lipinski definition) is 6. The van der Waals surface area contributed by atoms with Gasteiger partial charge in [-0.25, -0.2) is 17.8 Å². The Morgan fingerprint density at radius 2 is 1.73 bits per heavy atom. The number of halogens is 1. The van der Waals surface area contributed by atoms with Crippen LogP contribution in [0.4, 0.5) is 9.52 Å². The molecule has 0 bridgehead atoms. The molecule has 33 heavy (non-hydrogen) atoms. The van der Waals surface area contributed by atoms with Gasteiger partial charge in [0.2, 0.25) is 15.2 Å². The maximum Gasteiger partial charge on any atom is 0.243 e. The van der Waals surface area contributed by atoms with Gasteiger partial charge >= 0.3 is 0 Å². The lowest BCUT2D eigenvalue weighted by Gasteiger charge is -2.38. The summed E-state index contributed by atoms with van der Waals surface area (Å²) in [6, 6.07) is 13.3. The Labute approximate surface area is 199 Å². The molecule has 1 atom stereocenters. The third-order valence-corrected chi connectivity index (χ3v) is 8.74. The molecule has 0 radical (unpaired) electrons. The van der Waals surface area contributed by atoms with E-state index in [1.165, 1.54) is 23.7 Å². The molecule has 176 valence electrons. The van der Waals surface area contributed by atoms with Crippen LogP contribution < -0.4 is 4.90 Å². The van der Waals surface area contributed by atoms with Crippen molar-refractivity contribution in [1.82, 2.24) is 13.7 Å². The number of nitrogens with zero attached hydrogens (tertiary/aromatic N) is 4. The molecule has 1 aliphatic heterocycles. The van der Waals surface area contributed by atoms with Crippen molar-refractivity contribution < 1.29 is 12.8 Å². The second-order valence-corrected chi connectivity index (χ2v) is 12.1. The zero-order chi connectivity index (χ0) is 23.8. The number of anilines is 1. The molecule has 3 aromatic rings. The number of aromatic nitrogens is 2. The molecule has 0 N–H and O–H groups in total. The molecule has 9 heteroatoms. The molecule has 1 aliphatic rings. The van der Waals surface area contributed by atoms with E-state index in [1.807, 2.05) is 19.1 Å². The Balaban J connectivity index is 1.43. The van der Waals surface area contributed by atoms with E-state index in [9.17, 15) is 12.8 Å². The molecule has 2 aromatic carbocycles. The number of sulfonamides is 1. The molecule has 1 unspecified atom stereocenters. The lowest BCUT2D eigenvalue weighted by Crippen LogP contribution is -2.54. The highest BCUT2D eigenvalue weighted by atomic mass is 32.2. The summed E-state index contributed by atoms with van der Waals surface area (Å²) in [5.41, 5.74) is 2.02. The molecule has 0 saturated carbocycles. The van der Waals surface area contributed by atoms with Crippen LogP contribution in [0.1, 0.15) is 44.6 Å². The van der Waals surface area contributed by atoms with E-state index in [4.69, 9.17) is 0 Å². The molecule has 1 saturated heterocycles. The zero-order valence-electron chi connectivity index (χ0n) is 19.3. The van der Waals surface area contributed by atoms with Crippen LogP contribution in [0.5, 0.6) is 0 Å². The third kappa shape index (κ3) is 5.26. The van der Waals surface area contributed by atoms with E-state index in [0.29, 0.717) is 36.8 Å². The molecule has 0 amide bonds. The molecular weight excluding hydrogens is 459 g/mol. The van der Waals surface area contributed by atoms with Crippen molar-refractivity contribution in [2.45, 2.75) is 50.5 Å². The van der Waals surface area contributed by atoms with Crippen LogP contribution in [0, 0.1) is 5.82 Å². The van der Waals surface area contributed by atoms with Crippen molar-refractivity contribution in [2.24, 2.45) is 0 Å². The summed E-state index contributed by atoms with van der Waals surface area (Å²) >= 11 is 1.31. The van der Waals surface area contributed by atoms with Gasteiger partial charge in [0.1, 0.15) is 11.6 Å². The van der Waals surface area contributed by atoms with E-state index in [-0.39, 0.29) is 17.3 Å². The smallest absolute Gasteiger partial charge is 0.243 e. The maximum absolute atomic E-state index is 13.3. The molecule has 0 spiro atoms. The van der Waals surface area contributed by atoms with Crippen molar-refractivity contribution in [2.75, 3.05) is 24.5 Å².